The zero-order chi connectivity index (χ0) is 14.6. The molecule has 1 nitrogen and oxygen atoms in total. The van der Waals surface area contributed by atoms with Gasteiger partial charge in [-0.15, -0.1) is 11.8 Å². The van der Waals surface area contributed by atoms with E-state index in [1.165, 1.54) is 23.9 Å². The van der Waals surface area contributed by atoms with Gasteiger partial charge in [0.2, 0.25) is 0 Å². The van der Waals surface area contributed by atoms with Gasteiger partial charge >= 0.3 is 6.18 Å². The molecule has 0 saturated carbocycles. The van der Waals surface area contributed by atoms with Crippen LogP contribution in [-0.4, -0.2) is 5.11 Å². The molecule has 0 spiro atoms. The maximum atomic E-state index is 12.6. The molecule has 0 aliphatic rings. The van der Waals surface area contributed by atoms with E-state index in [2.05, 4.69) is 0 Å². The van der Waals surface area contributed by atoms with Gasteiger partial charge in [0.05, 0.1) is 12.2 Å². The van der Waals surface area contributed by atoms with Gasteiger partial charge < -0.3 is 5.11 Å². The van der Waals surface area contributed by atoms with E-state index >= 15 is 0 Å². The first-order valence-corrected chi connectivity index (χ1v) is 6.96. The van der Waals surface area contributed by atoms with E-state index in [-0.39, 0.29) is 6.61 Å². The average Bonchev–Trinajstić information content (AvgIpc) is 2.45. The van der Waals surface area contributed by atoms with Crippen LogP contribution in [-0.2, 0) is 18.5 Å². The number of hydrogen-bond donors (Lipinski definition) is 1. The summed E-state index contributed by atoms with van der Waals surface area (Å²) in [5, 5.41) is 8.93. The van der Waals surface area contributed by atoms with Crippen molar-refractivity contribution in [1.82, 2.24) is 0 Å². The van der Waals surface area contributed by atoms with Crippen molar-refractivity contribution in [3.8, 4) is 0 Å². The highest BCUT2D eigenvalue weighted by Gasteiger charge is 2.30. The largest absolute Gasteiger partial charge is 0.416 e. The van der Waals surface area contributed by atoms with Crippen LogP contribution >= 0.6 is 11.8 Å². The summed E-state index contributed by atoms with van der Waals surface area (Å²) in [5.74, 6) is 0.475. The molecule has 0 radical (unpaired) electrons. The molecule has 0 aliphatic carbocycles. The van der Waals surface area contributed by atoms with E-state index in [0.717, 1.165) is 16.5 Å². The minimum absolute atomic E-state index is 0.0153. The summed E-state index contributed by atoms with van der Waals surface area (Å²) >= 11 is 1.46. The molecule has 106 valence electrons. The second-order valence-electron chi connectivity index (χ2n) is 4.29. The molecule has 20 heavy (non-hydrogen) atoms. The molecule has 2 rings (SSSR count). The highest BCUT2D eigenvalue weighted by Crippen LogP contribution is 2.31. The lowest BCUT2D eigenvalue weighted by molar-refractivity contribution is -0.137. The van der Waals surface area contributed by atoms with Crippen LogP contribution in [0.2, 0.25) is 0 Å². The first-order valence-electron chi connectivity index (χ1n) is 5.98. The van der Waals surface area contributed by atoms with Crippen molar-refractivity contribution in [2.75, 3.05) is 0 Å². The summed E-state index contributed by atoms with van der Waals surface area (Å²) in [5.41, 5.74) is 0.829. The van der Waals surface area contributed by atoms with Crippen molar-refractivity contribution in [1.29, 1.82) is 0 Å². The Morgan fingerprint density at radius 1 is 0.950 bits per heavy atom. The second-order valence-corrected chi connectivity index (χ2v) is 5.34. The Balaban J connectivity index is 2.03. The van der Waals surface area contributed by atoms with Gasteiger partial charge in [-0.1, -0.05) is 30.3 Å². The topological polar surface area (TPSA) is 20.2 Å². The lowest BCUT2D eigenvalue weighted by atomic mass is 10.1. The van der Waals surface area contributed by atoms with Gasteiger partial charge in [0, 0.05) is 10.6 Å². The summed E-state index contributed by atoms with van der Waals surface area (Å²) in [6.07, 6.45) is -4.30. The second kappa shape index (κ2) is 6.33. The number of benzene rings is 2. The summed E-state index contributed by atoms with van der Waals surface area (Å²) in [6, 6.07) is 12.7. The molecular weight excluding hydrogens is 285 g/mol. The third-order valence-electron chi connectivity index (χ3n) is 2.77. The molecule has 0 saturated heterocycles. The van der Waals surface area contributed by atoms with Crippen LogP contribution in [0.4, 0.5) is 13.2 Å². The SMILES string of the molecule is OCc1ccc(SCc2cccc(C(F)(F)F)c2)cc1. The van der Waals surface area contributed by atoms with Crippen LogP contribution in [0.1, 0.15) is 16.7 Å². The molecule has 5 heteroatoms. The molecule has 0 heterocycles. The van der Waals surface area contributed by atoms with Crippen molar-refractivity contribution in [2.24, 2.45) is 0 Å². The Morgan fingerprint density at radius 2 is 1.65 bits per heavy atom. The van der Waals surface area contributed by atoms with E-state index in [1.807, 2.05) is 12.1 Å². The number of alkyl halides is 3. The van der Waals surface area contributed by atoms with Crippen molar-refractivity contribution in [3.63, 3.8) is 0 Å². The third-order valence-corrected chi connectivity index (χ3v) is 3.85. The minimum Gasteiger partial charge on any atom is -0.392 e. The standard InChI is InChI=1S/C15H13F3OS/c16-15(17,18)13-3-1-2-12(8-13)10-20-14-6-4-11(9-19)5-7-14/h1-8,19H,9-10H2. The first-order chi connectivity index (χ1) is 9.49. The number of thioether (sulfide) groups is 1. The Bertz CT molecular complexity index is 564. The van der Waals surface area contributed by atoms with Crippen LogP contribution in [0.25, 0.3) is 0 Å². The summed E-state index contributed by atoms with van der Waals surface area (Å²) in [6.45, 7) is -0.0153. The molecule has 0 unspecified atom stereocenters. The molecule has 0 fully saturated rings. The van der Waals surface area contributed by atoms with Crippen molar-refractivity contribution >= 4 is 11.8 Å². The molecule has 2 aromatic carbocycles. The average molecular weight is 298 g/mol. The van der Waals surface area contributed by atoms with Gasteiger partial charge in [0.15, 0.2) is 0 Å². The normalized spacial score (nSPS) is 11.6. The molecule has 0 bridgehead atoms. The predicted molar refractivity (Wildman–Crippen MR) is 73.4 cm³/mol. The summed E-state index contributed by atoms with van der Waals surface area (Å²) < 4.78 is 37.8. The highest BCUT2D eigenvalue weighted by molar-refractivity contribution is 7.98. The van der Waals surface area contributed by atoms with Crippen molar-refractivity contribution in [3.05, 3.63) is 65.2 Å². The summed E-state index contributed by atoms with van der Waals surface area (Å²) in [7, 11) is 0. The number of rotatable bonds is 4. The van der Waals surface area contributed by atoms with Gasteiger partial charge in [-0.3, -0.25) is 0 Å². The smallest absolute Gasteiger partial charge is 0.392 e. The van der Waals surface area contributed by atoms with Crippen molar-refractivity contribution < 1.29 is 18.3 Å². The van der Waals surface area contributed by atoms with Crippen LogP contribution in [0, 0.1) is 0 Å². The quantitative estimate of drug-likeness (QED) is 0.839. The van der Waals surface area contributed by atoms with Crippen LogP contribution in [0.15, 0.2) is 53.4 Å². The van der Waals surface area contributed by atoms with Gasteiger partial charge in [-0.2, -0.15) is 13.2 Å². The molecule has 0 aromatic heterocycles. The van der Waals surface area contributed by atoms with E-state index < -0.39 is 11.7 Å². The molecule has 1 N–H and O–H groups in total. The number of aliphatic hydroxyl groups excluding tert-OH is 1. The summed E-state index contributed by atoms with van der Waals surface area (Å²) in [4.78, 5) is 0.958. The Morgan fingerprint density at radius 3 is 2.25 bits per heavy atom. The van der Waals surface area contributed by atoms with E-state index in [0.29, 0.717) is 11.3 Å². The Hall–Kier alpha value is -1.46. The fourth-order valence-corrected chi connectivity index (χ4v) is 2.54. The van der Waals surface area contributed by atoms with E-state index in [4.69, 9.17) is 5.11 Å². The third kappa shape index (κ3) is 4.02. The molecule has 2 aromatic rings. The Kier molecular flexibility index (Phi) is 4.73. The molecule has 0 atom stereocenters. The molecule has 0 aliphatic heterocycles. The van der Waals surface area contributed by atoms with Gasteiger partial charge in [-0.05, 0) is 29.3 Å². The maximum absolute atomic E-state index is 12.6. The number of aliphatic hydroxyl groups is 1. The fraction of sp³-hybridized carbons (Fsp3) is 0.200. The zero-order valence-corrected chi connectivity index (χ0v) is 11.3. The highest BCUT2D eigenvalue weighted by atomic mass is 32.2. The lowest BCUT2D eigenvalue weighted by Gasteiger charge is -2.08. The zero-order valence-electron chi connectivity index (χ0n) is 10.5. The fourth-order valence-electron chi connectivity index (χ4n) is 1.70. The van der Waals surface area contributed by atoms with Gasteiger partial charge in [0.1, 0.15) is 0 Å². The van der Waals surface area contributed by atoms with Crippen molar-refractivity contribution in [2.45, 2.75) is 23.4 Å². The monoisotopic (exact) mass is 298 g/mol. The number of halogens is 3. The van der Waals surface area contributed by atoms with Gasteiger partial charge in [0.25, 0.3) is 0 Å². The van der Waals surface area contributed by atoms with E-state index in [9.17, 15) is 13.2 Å². The molecular formula is C15H13F3OS. The lowest BCUT2D eigenvalue weighted by Crippen LogP contribution is -2.04. The van der Waals surface area contributed by atoms with E-state index in [1.54, 1.807) is 18.2 Å². The predicted octanol–water partition coefficient (Wildman–Crippen LogP) is 4.49. The van der Waals surface area contributed by atoms with Crippen LogP contribution in [0.5, 0.6) is 0 Å². The number of hydrogen-bond acceptors (Lipinski definition) is 2. The Labute approximate surface area is 119 Å². The minimum atomic E-state index is -4.30. The van der Waals surface area contributed by atoms with Crippen LogP contribution in [0.3, 0.4) is 0 Å². The maximum Gasteiger partial charge on any atom is 0.416 e. The first kappa shape index (κ1) is 14.9. The van der Waals surface area contributed by atoms with Gasteiger partial charge in [-0.25, -0.2) is 0 Å². The van der Waals surface area contributed by atoms with Crippen LogP contribution < -0.4 is 0 Å². The molecule has 0 amide bonds.